The maximum Gasteiger partial charge on any atom is 0.296 e. The molecule has 9 nitrogen and oxygen atoms in total. The molecular formula is C26H21F2N5O4. The Kier molecular flexibility index (Phi) is 7.11. The van der Waals surface area contributed by atoms with Crippen LogP contribution in [0.3, 0.4) is 0 Å². The Hall–Kier alpha value is -4.85. The SMILES string of the molecule is COc1c(C(=O)Nc2cnoc2)nc([C@H](C)[C@H](c2ccc(F)c(F)c2)c2ccccc2C#N)n(C)c1=O. The summed E-state index contributed by atoms with van der Waals surface area (Å²) >= 11 is 0. The highest BCUT2D eigenvalue weighted by molar-refractivity contribution is 6.04. The quantitative estimate of drug-likeness (QED) is 0.401. The molecule has 0 fully saturated rings. The minimum absolute atomic E-state index is 0.156. The molecule has 2 aromatic heterocycles. The number of anilines is 1. The van der Waals surface area contributed by atoms with Gasteiger partial charge in [0.25, 0.3) is 11.5 Å². The Morgan fingerprint density at radius 1 is 1.22 bits per heavy atom. The van der Waals surface area contributed by atoms with Gasteiger partial charge in [0.2, 0.25) is 5.75 Å². The van der Waals surface area contributed by atoms with Crippen molar-refractivity contribution in [2.45, 2.75) is 18.8 Å². The first-order chi connectivity index (χ1) is 17.8. The van der Waals surface area contributed by atoms with Gasteiger partial charge < -0.3 is 14.6 Å². The summed E-state index contributed by atoms with van der Waals surface area (Å²) in [5.74, 6) is -4.37. The van der Waals surface area contributed by atoms with E-state index in [1.807, 2.05) is 0 Å². The van der Waals surface area contributed by atoms with E-state index in [0.29, 0.717) is 16.7 Å². The van der Waals surface area contributed by atoms with E-state index in [0.717, 1.165) is 12.1 Å². The largest absolute Gasteiger partial charge is 0.489 e. The molecule has 188 valence electrons. The number of amides is 1. The number of nitrogens with zero attached hydrogens (tertiary/aromatic N) is 4. The van der Waals surface area contributed by atoms with E-state index in [2.05, 4.69) is 21.5 Å². The van der Waals surface area contributed by atoms with Crippen LogP contribution in [0.5, 0.6) is 5.75 Å². The van der Waals surface area contributed by atoms with Crippen LogP contribution in [0, 0.1) is 23.0 Å². The fourth-order valence-corrected chi connectivity index (χ4v) is 4.26. The van der Waals surface area contributed by atoms with Gasteiger partial charge in [0.15, 0.2) is 17.3 Å². The van der Waals surface area contributed by atoms with E-state index < -0.39 is 34.9 Å². The fraction of sp³-hybridized carbons (Fsp3) is 0.192. The molecule has 0 spiro atoms. The zero-order chi connectivity index (χ0) is 26.7. The summed E-state index contributed by atoms with van der Waals surface area (Å²) in [6.07, 6.45) is 2.47. The second-order valence-corrected chi connectivity index (χ2v) is 8.22. The van der Waals surface area contributed by atoms with Gasteiger partial charge in [0.05, 0.1) is 24.9 Å². The van der Waals surface area contributed by atoms with Gasteiger partial charge in [-0.1, -0.05) is 36.3 Å². The molecule has 0 unspecified atom stereocenters. The van der Waals surface area contributed by atoms with Crippen molar-refractivity contribution in [1.29, 1.82) is 5.26 Å². The number of benzene rings is 2. The highest BCUT2D eigenvalue weighted by atomic mass is 19.2. The third-order valence-electron chi connectivity index (χ3n) is 6.02. The first-order valence-electron chi connectivity index (χ1n) is 11.1. The molecule has 0 bridgehead atoms. The molecule has 0 aliphatic rings. The van der Waals surface area contributed by atoms with E-state index >= 15 is 0 Å². The van der Waals surface area contributed by atoms with Gasteiger partial charge in [-0.3, -0.25) is 14.2 Å². The molecule has 2 heterocycles. The number of carbonyl (C=O) groups is 1. The number of carbonyl (C=O) groups excluding carboxylic acids is 1. The molecule has 2 aromatic carbocycles. The Morgan fingerprint density at radius 3 is 2.62 bits per heavy atom. The molecule has 0 radical (unpaired) electrons. The molecule has 4 rings (SSSR count). The molecule has 4 aromatic rings. The van der Waals surface area contributed by atoms with Crippen molar-refractivity contribution < 1.29 is 22.8 Å². The highest BCUT2D eigenvalue weighted by Gasteiger charge is 2.31. The Labute approximate surface area is 209 Å². The molecule has 0 aliphatic heterocycles. The zero-order valence-corrected chi connectivity index (χ0v) is 20.0. The highest BCUT2D eigenvalue weighted by Crippen LogP contribution is 2.39. The summed E-state index contributed by atoms with van der Waals surface area (Å²) in [5, 5.41) is 15.8. The first kappa shape index (κ1) is 25.2. The van der Waals surface area contributed by atoms with E-state index in [1.54, 1.807) is 31.2 Å². The van der Waals surface area contributed by atoms with Crippen molar-refractivity contribution in [2.24, 2.45) is 7.05 Å². The summed E-state index contributed by atoms with van der Waals surface area (Å²) in [6.45, 7) is 1.72. The Balaban J connectivity index is 1.91. The van der Waals surface area contributed by atoms with Gasteiger partial charge in [0.1, 0.15) is 17.8 Å². The topological polar surface area (TPSA) is 123 Å². The minimum Gasteiger partial charge on any atom is -0.489 e. The average Bonchev–Trinajstić information content (AvgIpc) is 3.41. The smallest absolute Gasteiger partial charge is 0.296 e. The maximum absolute atomic E-state index is 14.3. The number of hydrogen-bond donors (Lipinski definition) is 1. The Morgan fingerprint density at radius 2 is 1.97 bits per heavy atom. The van der Waals surface area contributed by atoms with Gasteiger partial charge in [-0.15, -0.1) is 0 Å². The monoisotopic (exact) mass is 505 g/mol. The summed E-state index contributed by atoms with van der Waals surface area (Å²) < 4.78 is 39.2. The molecule has 0 aliphatic carbocycles. The van der Waals surface area contributed by atoms with Crippen molar-refractivity contribution >= 4 is 11.6 Å². The van der Waals surface area contributed by atoms with Crippen LogP contribution < -0.4 is 15.6 Å². The predicted octanol–water partition coefficient (Wildman–Crippen LogP) is 4.11. The van der Waals surface area contributed by atoms with Gasteiger partial charge >= 0.3 is 0 Å². The van der Waals surface area contributed by atoms with E-state index in [-0.39, 0.29) is 23.0 Å². The molecule has 0 saturated heterocycles. The van der Waals surface area contributed by atoms with Crippen LogP contribution in [-0.4, -0.2) is 27.7 Å². The molecule has 1 N–H and O–H groups in total. The number of nitriles is 1. The van der Waals surface area contributed by atoms with Gasteiger partial charge in [-0.25, -0.2) is 13.8 Å². The van der Waals surface area contributed by atoms with Crippen LogP contribution in [0.15, 0.2) is 64.2 Å². The molecule has 2 atom stereocenters. The normalized spacial score (nSPS) is 12.4. The summed E-state index contributed by atoms with van der Waals surface area (Å²) in [5.41, 5.74) is 0.511. The third kappa shape index (κ3) is 4.81. The molecule has 1 amide bonds. The van der Waals surface area contributed by atoms with Crippen molar-refractivity contribution in [1.82, 2.24) is 14.7 Å². The lowest BCUT2D eigenvalue weighted by Crippen LogP contribution is -2.31. The number of methoxy groups -OCH3 is 1. The molecule has 11 heteroatoms. The fourth-order valence-electron chi connectivity index (χ4n) is 4.26. The number of ether oxygens (including phenoxy) is 1. The van der Waals surface area contributed by atoms with Crippen molar-refractivity contribution in [3.8, 4) is 11.8 Å². The van der Waals surface area contributed by atoms with Crippen molar-refractivity contribution in [3.05, 3.63) is 105 Å². The minimum atomic E-state index is -1.06. The number of nitrogens with one attached hydrogen (secondary N) is 1. The van der Waals surface area contributed by atoms with E-state index in [4.69, 9.17) is 9.26 Å². The van der Waals surface area contributed by atoms with Gasteiger partial charge in [-0.2, -0.15) is 5.26 Å². The second kappa shape index (κ2) is 10.4. The maximum atomic E-state index is 14.3. The summed E-state index contributed by atoms with van der Waals surface area (Å²) in [4.78, 5) is 30.7. The number of halogens is 2. The van der Waals surface area contributed by atoms with Crippen LogP contribution in [0.4, 0.5) is 14.5 Å². The molecule has 0 saturated carbocycles. The van der Waals surface area contributed by atoms with Gasteiger partial charge in [0, 0.05) is 18.9 Å². The van der Waals surface area contributed by atoms with E-state index in [1.165, 1.54) is 37.3 Å². The summed E-state index contributed by atoms with van der Waals surface area (Å²) in [7, 11) is 2.70. The van der Waals surface area contributed by atoms with Crippen LogP contribution in [0.1, 0.15) is 51.8 Å². The zero-order valence-electron chi connectivity index (χ0n) is 20.0. The number of rotatable bonds is 7. The van der Waals surface area contributed by atoms with Gasteiger partial charge in [-0.05, 0) is 29.3 Å². The number of hydrogen-bond acceptors (Lipinski definition) is 7. The summed E-state index contributed by atoms with van der Waals surface area (Å²) in [6, 6.07) is 12.3. The molecule has 37 heavy (non-hydrogen) atoms. The van der Waals surface area contributed by atoms with E-state index in [9.17, 15) is 23.6 Å². The first-order valence-corrected chi connectivity index (χ1v) is 11.1. The van der Waals surface area contributed by atoms with Crippen LogP contribution >= 0.6 is 0 Å². The van der Waals surface area contributed by atoms with Crippen LogP contribution in [0.25, 0.3) is 0 Å². The third-order valence-corrected chi connectivity index (χ3v) is 6.02. The standard InChI is InChI=1S/C26H21F2N5O4/c1-14(21(15-8-9-19(27)20(28)10-15)18-7-5-4-6-16(18)11-29)24-32-22(23(36-3)26(35)33(24)2)25(34)31-17-12-30-37-13-17/h4-10,12-14,21H,1-3H3,(H,31,34)/t14-,21-/m1/s1. The van der Waals surface area contributed by atoms with Crippen molar-refractivity contribution in [2.75, 3.05) is 12.4 Å². The van der Waals surface area contributed by atoms with Crippen molar-refractivity contribution in [3.63, 3.8) is 0 Å². The lowest BCUT2D eigenvalue weighted by Gasteiger charge is -2.27. The Bertz CT molecular complexity index is 1560. The van der Waals surface area contributed by atoms with Crippen LogP contribution in [0.2, 0.25) is 0 Å². The predicted molar refractivity (Wildman–Crippen MR) is 128 cm³/mol. The lowest BCUT2D eigenvalue weighted by atomic mass is 9.79. The molecular weight excluding hydrogens is 484 g/mol. The van der Waals surface area contributed by atoms with Crippen LogP contribution in [-0.2, 0) is 7.05 Å². The lowest BCUT2D eigenvalue weighted by molar-refractivity contribution is 0.101. The second-order valence-electron chi connectivity index (χ2n) is 8.22. The average molecular weight is 505 g/mol. The number of aromatic nitrogens is 3.